The number of methoxy groups -OCH3 is 1. The number of para-hydroxylation sites is 2. The lowest BCUT2D eigenvalue weighted by Crippen LogP contribution is -2.36. The van der Waals surface area contributed by atoms with Crippen molar-refractivity contribution in [3.63, 3.8) is 0 Å². The average Bonchev–Trinajstić information content (AvgIpc) is 3.37. The van der Waals surface area contributed by atoms with Crippen LogP contribution in [0, 0.1) is 0 Å². The molecule has 2 aliphatic rings. The van der Waals surface area contributed by atoms with Crippen molar-refractivity contribution in [1.29, 1.82) is 0 Å². The van der Waals surface area contributed by atoms with Crippen LogP contribution in [0.25, 0.3) is 0 Å². The Morgan fingerprint density at radius 2 is 1.92 bits per heavy atom. The SMILES string of the molecule is COc1cccc(N2c3ccccc3N(CC[C@@H]3CO3)S2(=O)=O)c1. The molecule has 2 aliphatic heterocycles. The molecule has 0 amide bonds. The van der Waals surface area contributed by atoms with E-state index < -0.39 is 10.2 Å². The molecule has 0 N–H and O–H groups in total. The lowest BCUT2D eigenvalue weighted by atomic mass is 10.2. The largest absolute Gasteiger partial charge is 0.497 e. The van der Waals surface area contributed by atoms with Gasteiger partial charge in [0, 0.05) is 12.6 Å². The minimum Gasteiger partial charge on any atom is -0.497 e. The van der Waals surface area contributed by atoms with Crippen molar-refractivity contribution in [2.24, 2.45) is 0 Å². The van der Waals surface area contributed by atoms with Crippen LogP contribution in [0.3, 0.4) is 0 Å². The fraction of sp³-hybridized carbons (Fsp3) is 0.294. The zero-order valence-corrected chi connectivity index (χ0v) is 14.1. The molecule has 6 nitrogen and oxygen atoms in total. The highest BCUT2D eigenvalue weighted by atomic mass is 32.2. The maximum Gasteiger partial charge on any atom is 0.330 e. The summed E-state index contributed by atoms with van der Waals surface area (Å²) in [6.45, 7) is 1.12. The second-order valence-electron chi connectivity index (χ2n) is 5.78. The van der Waals surface area contributed by atoms with Gasteiger partial charge < -0.3 is 9.47 Å². The Bertz CT molecular complexity index is 864. The summed E-state index contributed by atoms with van der Waals surface area (Å²) in [6, 6.07) is 14.4. The molecule has 24 heavy (non-hydrogen) atoms. The second kappa shape index (κ2) is 5.68. The number of anilines is 3. The maximum atomic E-state index is 13.2. The average molecular weight is 346 g/mol. The minimum atomic E-state index is -3.68. The summed E-state index contributed by atoms with van der Waals surface area (Å²) in [7, 11) is -2.11. The minimum absolute atomic E-state index is 0.179. The predicted molar refractivity (Wildman–Crippen MR) is 92.2 cm³/mol. The number of rotatable bonds is 5. The van der Waals surface area contributed by atoms with Gasteiger partial charge >= 0.3 is 10.2 Å². The molecule has 0 radical (unpaired) electrons. The van der Waals surface area contributed by atoms with E-state index in [1.54, 1.807) is 31.4 Å². The van der Waals surface area contributed by atoms with Crippen LogP contribution >= 0.6 is 0 Å². The number of benzene rings is 2. The van der Waals surface area contributed by atoms with E-state index in [0.717, 1.165) is 6.61 Å². The van der Waals surface area contributed by atoms with E-state index in [2.05, 4.69) is 0 Å². The molecule has 4 rings (SSSR count). The molecular formula is C17H18N2O4S. The quantitative estimate of drug-likeness (QED) is 0.781. The van der Waals surface area contributed by atoms with Gasteiger partial charge in [-0.05, 0) is 30.7 Å². The Labute approximate surface area is 141 Å². The van der Waals surface area contributed by atoms with E-state index in [9.17, 15) is 8.42 Å². The smallest absolute Gasteiger partial charge is 0.330 e. The summed E-state index contributed by atoms with van der Waals surface area (Å²) in [6.07, 6.45) is 0.873. The van der Waals surface area contributed by atoms with Crippen molar-refractivity contribution < 1.29 is 17.9 Å². The monoisotopic (exact) mass is 346 g/mol. The molecule has 0 saturated carbocycles. The Kier molecular flexibility index (Phi) is 3.62. The highest BCUT2D eigenvalue weighted by Crippen LogP contribution is 2.45. The molecule has 2 aromatic carbocycles. The predicted octanol–water partition coefficient (Wildman–Crippen LogP) is 2.69. The number of fused-ring (bicyclic) bond motifs is 1. The normalized spacial score (nSPS) is 20.8. The van der Waals surface area contributed by atoms with E-state index in [4.69, 9.17) is 9.47 Å². The number of epoxide rings is 1. The number of ether oxygens (including phenoxy) is 2. The van der Waals surface area contributed by atoms with Crippen LogP contribution in [0.2, 0.25) is 0 Å². The van der Waals surface area contributed by atoms with E-state index in [1.165, 1.54) is 8.61 Å². The van der Waals surface area contributed by atoms with Gasteiger partial charge in [-0.3, -0.25) is 4.31 Å². The Hall–Kier alpha value is -2.25. The van der Waals surface area contributed by atoms with Gasteiger partial charge in [-0.1, -0.05) is 18.2 Å². The molecule has 1 atom stereocenters. The summed E-state index contributed by atoms with van der Waals surface area (Å²) < 4.78 is 39.6. The molecule has 1 saturated heterocycles. The fourth-order valence-corrected chi connectivity index (χ4v) is 4.65. The van der Waals surface area contributed by atoms with Gasteiger partial charge in [-0.2, -0.15) is 8.42 Å². The molecule has 2 aromatic rings. The first-order valence-corrected chi connectivity index (χ1v) is 9.18. The molecular weight excluding hydrogens is 328 g/mol. The van der Waals surface area contributed by atoms with Crippen LogP contribution in [-0.2, 0) is 14.9 Å². The number of nitrogens with zero attached hydrogens (tertiary/aromatic N) is 2. The van der Waals surface area contributed by atoms with E-state index in [-0.39, 0.29) is 6.10 Å². The number of hydrogen-bond donors (Lipinski definition) is 0. The van der Waals surface area contributed by atoms with Crippen LogP contribution in [-0.4, -0.2) is 34.8 Å². The van der Waals surface area contributed by atoms with E-state index >= 15 is 0 Å². The zero-order chi connectivity index (χ0) is 16.7. The van der Waals surface area contributed by atoms with Crippen molar-refractivity contribution in [2.45, 2.75) is 12.5 Å². The maximum absolute atomic E-state index is 13.2. The van der Waals surface area contributed by atoms with E-state index in [0.29, 0.717) is 35.8 Å². The third-order valence-electron chi connectivity index (χ3n) is 4.22. The topological polar surface area (TPSA) is 62.4 Å². The Balaban J connectivity index is 1.78. The summed E-state index contributed by atoms with van der Waals surface area (Å²) in [4.78, 5) is 0. The van der Waals surface area contributed by atoms with Crippen molar-refractivity contribution in [3.8, 4) is 5.75 Å². The van der Waals surface area contributed by atoms with Gasteiger partial charge in [0.05, 0.1) is 36.9 Å². The second-order valence-corrected chi connectivity index (χ2v) is 7.48. The van der Waals surface area contributed by atoms with Crippen LogP contribution in [0.4, 0.5) is 17.1 Å². The molecule has 0 spiro atoms. The summed E-state index contributed by atoms with van der Waals surface area (Å²) >= 11 is 0. The summed E-state index contributed by atoms with van der Waals surface area (Å²) in [5.41, 5.74) is 1.91. The highest BCUT2D eigenvalue weighted by Gasteiger charge is 2.41. The Morgan fingerprint density at radius 1 is 1.17 bits per heavy atom. The standard InChI is InChI=1S/C17H18N2O4S/c1-22-14-6-4-5-13(11-14)19-17-8-3-2-7-16(17)18(24(19,20)21)10-9-15-12-23-15/h2-8,11,15H,9-10,12H2,1H3/t15-/m1/s1. The van der Waals surface area contributed by atoms with Crippen molar-refractivity contribution >= 4 is 27.3 Å². The molecule has 0 bridgehead atoms. The van der Waals surface area contributed by atoms with Crippen LogP contribution in [0.1, 0.15) is 6.42 Å². The lowest BCUT2D eigenvalue weighted by molar-refractivity contribution is 0.399. The zero-order valence-electron chi connectivity index (χ0n) is 13.3. The van der Waals surface area contributed by atoms with Gasteiger partial charge in [-0.25, -0.2) is 4.31 Å². The fourth-order valence-electron chi connectivity index (χ4n) is 2.93. The van der Waals surface area contributed by atoms with E-state index in [1.807, 2.05) is 24.3 Å². The number of hydrogen-bond acceptors (Lipinski definition) is 4. The Morgan fingerprint density at radius 3 is 2.62 bits per heavy atom. The van der Waals surface area contributed by atoms with Gasteiger partial charge in [0.25, 0.3) is 0 Å². The first-order valence-electron chi connectivity index (χ1n) is 7.79. The van der Waals surface area contributed by atoms with Crippen molar-refractivity contribution in [3.05, 3.63) is 48.5 Å². The van der Waals surface area contributed by atoms with Crippen molar-refractivity contribution in [1.82, 2.24) is 0 Å². The van der Waals surface area contributed by atoms with Crippen molar-refractivity contribution in [2.75, 3.05) is 28.9 Å². The first-order chi connectivity index (χ1) is 11.6. The molecule has 0 unspecified atom stereocenters. The van der Waals surface area contributed by atoms with Crippen LogP contribution < -0.4 is 13.3 Å². The van der Waals surface area contributed by atoms with Crippen LogP contribution in [0.15, 0.2) is 48.5 Å². The van der Waals surface area contributed by atoms with Crippen LogP contribution in [0.5, 0.6) is 5.75 Å². The highest BCUT2D eigenvalue weighted by molar-refractivity contribution is 7.95. The molecule has 1 fully saturated rings. The third-order valence-corrected chi connectivity index (χ3v) is 6.03. The first kappa shape index (κ1) is 15.3. The molecule has 0 aromatic heterocycles. The van der Waals surface area contributed by atoms with Gasteiger partial charge in [0.15, 0.2) is 0 Å². The van der Waals surface area contributed by atoms with Gasteiger partial charge in [-0.15, -0.1) is 0 Å². The molecule has 126 valence electrons. The summed E-state index contributed by atoms with van der Waals surface area (Å²) in [5.74, 6) is 0.616. The molecule has 2 heterocycles. The third kappa shape index (κ3) is 2.50. The van der Waals surface area contributed by atoms with Gasteiger partial charge in [0.2, 0.25) is 0 Å². The summed E-state index contributed by atoms with van der Waals surface area (Å²) in [5, 5.41) is 0. The molecule has 7 heteroatoms. The lowest BCUT2D eigenvalue weighted by Gasteiger charge is -2.22. The van der Waals surface area contributed by atoms with Gasteiger partial charge in [0.1, 0.15) is 5.75 Å². The molecule has 0 aliphatic carbocycles.